The summed E-state index contributed by atoms with van der Waals surface area (Å²) in [6, 6.07) is 29.4. The van der Waals surface area contributed by atoms with E-state index in [1.54, 1.807) is 11.8 Å². The number of aryl methyl sites for hydroxylation is 1. The molecular weight excluding hydrogens is 412 g/mol. The van der Waals surface area contributed by atoms with Gasteiger partial charge >= 0.3 is 0 Å². The van der Waals surface area contributed by atoms with Crippen LogP contribution in [0.25, 0.3) is 0 Å². The van der Waals surface area contributed by atoms with Gasteiger partial charge in [-0.05, 0) is 42.3 Å². The van der Waals surface area contributed by atoms with E-state index in [2.05, 4.69) is 70.2 Å². The Bertz CT molecular complexity index is 1020. The van der Waals surface area contributed by atoms with Crippen molar-refractivity contribution in [1.29, 1.82) is 0 Å². The average Bonchev–Trinajstić information content (AvgIpc) is 3.17. The molecule has 1 atom stereocenters. The van der Waals surface area contributed by atoms with E-state index in [-0.39, 0.29) is 18.5 Å². The SMILES string of the molecule is Cc1nccn1CC(OCc1ccccc1)c1ccc(Sc2ccccc2)cc1.Cl. The predicted octanol–water partition coefficient (Wildman–Crippen LogP) is 6.72. The molecule has 0 aliphatic carbocycles. The van der Waals surface area contributed by atoms with Crippen molar-refractivity contribution in [3.05, 3.63) is 114 Å². The fourth-order valence-electron chi connectivity index (χ4n) is 3.18. The van der Waals surface area contributed by atoms with Crippen LogP contribution >= 0.6 is 24.2 Å². The largest absolute Gasteiger partial charge is 0.367 e. The third-order valence-corrected chi connectivity index (χ3v) is 5.83. The zero-order valence-electron chi connectivity index (χ0n) is 16.8. The lowest BCUT2D eigenvalue weighted by Gasteiger charge is -2.20. The summed E-state index contributed by atoms with van der Waals surface area (Å²) in [5.74, 6) is 0.995. The molecule has 0 spiro atoms. The topological polar surface area (TPSA) is 27.1 Å². The van der Waals surface area contributed by atoms with Gasteiger partial charge in [0.05, 0.1) is 13.2 Å². The van der Waals surface area contributed by atoms with Crippen molar-refractivity contribution in [1.82, 2.24) is 9.55 Å². The first kappa shape index (κ1) is 22.2. The van der Waals surface area contributed by atoms with Crippen LogP contribution in [0, 0.1) is 6.92 Å². The smallest absolute Gasteiger partial charge is 0.105 e. The molecule has 1 heterocycles. The molecule has 0 fully saturated rings. The molecule has 4 rings (SSSR count). The Kier molecular flexibility index (Phi) is 8.14. The molecule has 0 radical (unpaired) electrons. The molecule has 1 unspecified atom stereocenters. The molecule has 0 aliphatic heterocycles. The summed E-state index contributed by atoms with van der Waals surface area (Å²) in [7, 11) is 0. The lowest BCUT2D eigenvalue weighted by Crippen LogP contribution is -2.13. The first-order valence-electron chi connectivity index (χ1n) is 9.74. The van der Waals surface area contributed by atoms with Gasteiger partial charge in [0.2, 0.25) is 0 Å². The molecule has 0 aliphatic rings. The van der Waals surface area contributed by atoms with Crippen LogP contribution in [0.15, 0.2) is 107 Å². The molecule has 3 nitrogen and oxygen atoms in total. The van der Waals surface area contributed by atoms with Gasteiger partial charge in [-0.1, -0.05) is 72.4 Å². The number of halogens is 1. The minimum Gasteiger partial charge on any atom is -0.367 e. The Labute approximate surface area is 188 Å². The van der Waals surface area contributed by atoms with E-state index in [0.717, 1.165) is 12.4 Å². The van der Waals surface area contributed by atoms with Crippen LogP contribution in [0.1, 0.15) is 23.1 Å². The van der Waals surface area contributed by atoms with Gasteiger partial charge in [0.1, 0.15) is 11.9 Å². The molecule has 4 aromatic rings. The number of benzene rings is 3. The second-order valence-corrected chi connectivity index (χ2v) is 8.04. The van der Waals surface area contributed by atoms with Gasteiger partial charge in [-0.15, -0.1) is 12.4 Å². The Morgan fingerprint density at radius 1 is 0.867 bits per heavy atom. The number of ether oxygens (including phenoxy) is 1. The summed E-state index contributed by atoms with van der Waals surface area (Å²) < 4.78 is 8.49. The summed E-state index contributed by atoms with van der Waals surface area (Å²) in [6.45, 7) is 3.34. The number of imidazole rings is 1. The van der Waals surface area contributed by atoms with Crippen molar-refractivity contribution in [2.45, 2.75) is 36.0 Å². The minimum absolute atomic E-state index is 0. The van der Waals surface area contributed by atoms with Gasteiger partial charge in [-0.2, -0.15) is 0 Å². The van der Waals surface area contributed by atoms with Crippen LogP contribution in [-0.4, -0.2) is 9.55 Å². The molecule has 0 saturated carbocycles. The Hall–Kier alpha value is -2.53. The van der Waals surface area contributed by atoms with Crippen LogP contribution in [-0.2, 0) is 17.9 Å². The van der Waals surface area contributed by atoms with Crippen molar-refractivity contribution in [2.75, 3.05) is 0 Å². The van der Waals surface area contributed by atoms with Gasteiger partial charge < -0.3 is 9.30 Å². The van der Waals surface area contributed by atoms with Crippen molar-refractivity contribution in [3.8, 4) is 0 Å². The maximum absolute atomic E-state index is 6.35. The molecule has 5 heteroatoms. The first-order chi connectivity index (χ1) is 14.3. The Balaban J connectivity index is 0.00000256. The van der Waals surface area contributed by atoms with E-state index in [1.807, 2.05) is 43.6 Å². The normalized spacial score (nSPS) is 11.6. The van der Waals surface area contributed by atoms with Gasteiger partial charge in [-0.25, -0.2) is 4.98 Å². The van der Waals surface area contributed by atoms with Crippen LogP contribution in [0.4, 0.5) is 0 Å². The molecule has 1 aromatic heterocycles. The zero-order chi connectivity index (χ0) is 19.9. The van der Waals surface area contributed by atoms with Crippen molar-refractivity contribution >= 4 is 24.2 Å². The number of hydrogen-bond donors (Lipinski definition) is 0. The molecule has 0 N–H and O–H groups in total. The van der Waals surface area contributed by atoms with E-state index in [4.69, 9.17) is 4.74 Å². The van der Waals surface area contributed by atoms with E-state index >= 15 is 0 Å². The molecule has 3 aromatic carbocycles. The highest BCUT2D eigenvalue weighted by Crippen LogP contribution is 2.30. The highest BCUT2D eigenvalue weighted by atomic mass is 35.5. The van der Waals surface area contributed by atoms with Crippen molar-refractivity contribution < 1.29 is 4.74 Å². The molecule has 154 valence electrons. The lowest BCUT2D eigenvalue weighted by molar-refractivity contribution is 0.0276. The van der Waals surface area contributed by atoms with Crippen LogP contribution in [0.5, 0.6) is 0 Å². The minimum atomic E-state index is -0.0427. The summed E-state index contributed by atoms with van der Waals surface area (Å²) in [6.07, 6.45) is 3.80. The lowest BCUT2D eigenvalue weighted by atomic mass is 10.1. The van der Waals surface area contributed by atoms with Gasteiger partial charge in [0, 0.05) is 22.2 Å². The Morgan fingerprint density at radius 2 is 1.50 bits per heavy atom. The second-order valence-electron chi connectivity index (χ2n) is 6.90. The van der Waals surface area contributed by atoms with Crippen LogP contribution in [0.2, 0.25) is 0 Å². The molecule has 0 bridgehead atoms. The van der Waals surface area contributed by atoms with Gasteiger partial charge in [0.15, 0.2) is 0 Å². The third kappa shape index (κ3) is 5.99. The average molecular weight is 437 g/mol. The highest BCUT2D eigenvalue weighted by Gasteiger charge is 2.15. The summed E-state index contributed by atoms with van der Waals surface area (Å²) in [4.78, 5) is 6.81. The van der Waals surface area contributed by atoms with E-state index in [9.17, 15) is 0 Å². The summed E-state index contributed by atoms with van der Waals surface area (Å²) in [5, 5.41) is 0. The molecule has 0 amide bonds. The highest BCUT2D eigenvalue weighted by molar-refractivity contribution is 7.99. The van der Waals surface area contributed by atoms with Crippen molar-refractivity contribution in [3.63, 3.8) is 0 Å². The van der Waals surface area contributed by atoms with E-state index in [0.29, 0.717) is 6.61 Å². The van der Waals surface area contributed by atoms with Crippen LogP contribution < -0.4 is 0 Å². The number of nitrogens with zero attached hydrogens (tertiary/aromatic N) is 2. The van der Waals surface area contributed by atoms with Crippen molar-refractivity contribution in [2.24, 2.45) is 0 Å². The quantitative estimate of drug-likeness (QED) is 0.306. The second kappa shape index (κ2) is 11.0. The number of rotatable bonds is 8. The van der Waals surface area contributed by atoms with Gasteiger partial charge in [0.25, 0.3) is 0 Å². The van der Waals surface area contributed by atoms with E-state index in [1.165, 1.54) is 20.9 Å². The maximum atomic E-state index is 6.35. The summed E-state index contributed by atoms with van der Waals surface area (Å²) in [5.41, 5.74) is 2.35. The van der Waals surface area contributed by atoms with E-state index < -0.39 is 0 Å². The Morgan fingerprint density at radius 3 is 2.13 bits per heavy atom. The maximum Gasteiger partial charge on any atom is 0.105 e. The predicted molar refractivity (Wildman–Crippen MR) is 125 cm³/mol. The molecule has 30 heavy (non-hydrogen) atoms. The fraction of sp³-hybridized carbons (Fsp3) is 0.160. The zero-order valence-corrected chi connectivity index (χ0v) is 18.5. The first-order valence-corrected chi connectivity index (χ1v) is 10.6. The monoisotopic (exact) mass is 436 g/mol. The fourth-order valence-corrected chi connectivity index (χ4v) is 4.01. The summed E-state index contributed by atoms with van der Waals surface area (Å²) >= 11 is 1.77. The molecular formula is C25H25ClN2OS. The van der Waals surface area contributed by atoms with Gasteiger partial charge in [-0.3, -0.25) is 0 Å². The number of hydrogen-bond acceptors (Lipinski definition) is 3. The van der Waals surface area contributed by atoms with Crippen LogP contribution in [0.3, 0.4) is 0 Å². The number of aromatic nitrogens is 2. The molecule has 0 saturated heterocycles. The third-order valence-electron chi connectivity index (χ3n) is 4.81. The standard InChI is InChI=1S/C25H24N2OS.ClH/c1-20-26-16-17-27(20)18-25(28-19-21-8-4-2-5-9-21)22-12-14-24(15-13-22)29-23-10-6-3-7-11-23;/h2-17,25H,18-19H2,1H3;1H.